The number of anilines is 1. The number of imidazole rings is 1. The Morgan fingerprint density at radius 1 is 1.62 bits per heavy atom. The molecule has 1 aromatic heterocycles. The second kappa shape index (κ2) is 6.33. The zero-order chi connectivity index (χ0) is 12.0. The Kier molecular flexibility index (Phi) is 5.05. The van der Waals surface area contributed by atoms with Crippen LogP contribution >= 0.6 is 0 Å². The van der Waals surface area contributed by atoms with Crippen molar-refractivity contribution in [2.24, 2.45) is 0 Å². The summed E-state index contributed by atoms with van der Waals surface area (Å²) in [7, 11) is 4.06. The van der Waals surface area contributed by atoms with E-state index >= 15 is 0 Å². The average molecular weight is 222 g/mol. The minimum atomic E-state index is 0.812. The zero-order valence-corrected chi connectivity index (χ0v) is 10.5. The Morgan fingerprint density at radius 2 is 2.38 bits per heavy atom. The van der Waals surface area contributed by atoms with Crippen molar-refractivity contribution in [2.45, 2.75) is 19.9 Å². The van der Waals surface area contributed by atoms with Crippen LogP contribution in [0.3, 0.4) is 0 Å². The molecule has 90 valence electrons. The lowest BCUT2D eigenvalue weighted by Gasteiger charge is -2.18. The van der Waals surface area contributed by atoms with E-state index in [-0.39, 0.29) is 0 Å². The molecular weight excluding hydrogens is 200 g/mol. The van der Waals surface area contributed by atoms with Gasteiger partial charge in [-0.1, -0.05) is 6.08 Å². The largest absolute Gasteiger partial charge is 0.345 e. The number of allylic oxidation sites excluding steroid dienone is 1. The molecule has 16 heavy (non-hydrogen) atoms. The van der Waals surface area contributed by atoms with Crippen molar-refractivity contribution >= 4 is 5.95 Å². The predicted octanol–water partition coefficient (Wildman–Crippen LogP) is 1.42. The van der Waals surface area contributed by atoms with E-state index in [4.69, 9.17) is 0 Å². The molecule has 0 aliphatic rings. The fourth-order valence-electron chi connectivity index (χ4n) is 1.71. The lowest BCUT2D eigenvalue weighted by molar-refractivity contribution is 0.688. The summed E-state index contributed by atoms with van der Waals surface area (Å²) in [6.45, 7) is 8.64. The summed E-state index contributed by atoms with van der Waals surface area (Å²) in [6, 6.07) is 0. The third-order valence-electron chi connectivity index (χ3n) is 2.46. The van der Waals surface area contributed by atoms with Gasteiger partial charge >= 0.3 is 0 Å². The first-order valence-corrected chi connectivity index (χ1v) is 5.69. The second-order valence-electron chi connectivity index (χ2n) is 4.00. The fourth-order valence-corrected chi connectivity index (χ4v) is 1.71. The molecule has 0 fully saturated rings. The second-order valence-corrected chi connectivity index (χ2v) is 4.00. The first kappa shape index (κ1) is 12.8. The molecule has 0 spiro atoms. The quantitative estimate of drug-likeness (QED) is 0.559. The molecule has 0 radical (unpaired) electrons. The molecule has 1 N–H and O–H groups in total. The van der Waals surface area contributed by atoms with Gasteiger partial charge in [-0.15, -0.1) is 6.58 Å². The van der Waals surface area contributed by atoms with Gasteiger partial charge in [0.25, 0.3) is 0 Å². The van der Waals surface area contributed by atoms with E-state index in [0.717, 1.165) is 37.7 Å². The summed E-state index contributed by atoms with van der Waals surface area (Å²) < 4.78 is 2.13. The Bertz CT molecular complexity index is 330. The van der Waals surface area contributed by atoms with Crippen molar-refractivity contribution in [2.75, 3.05) is 32.1 Å². The third-order valence-corrected chi connectivity index (χ3v) is 2.46. The highest BCUT2D eigenvalue weighted by Crippen LogP contribution is 2.12. The molecule has 0 aliphatic heterocycles. The maximum atomic E-state index is 4.53. The van der Waals surface area contributed by atoms with Crippen LogP contribution in [0.25, 0.3) is 0 Å². The van der Waals surface area contributed by atoms with Crippen molar-refractivity contribution < 1.29 is 0 Å². The molecule has 4 nitrogen and oxygen atoms in total. The van der Waals surface area contributed by atoms with E-state index in [1.807, 2.05) is 20.0 Å². The van der Waals surface area contributed by atoms with Crippen LogP contribution in [0.15, 0.2) is 18.9 Å². The summed E-state index contributed by atoms with van der Waals surface area (Å²) >= 11 is 0. The van der Waals surface area contributed by atoms with Gasteiger partial charge in [-0.3, -0.25) is 0 Å². The maximum Gasteiger partial charge on any atom is 0.205 e. The summed E-state index contributed by atoms with van der Waals surface area (Å²) in [5.74, 6) is 1.02. The molecule has 0 atom stereocenters. The van der Waals surface area contributed by atoms with Crippen LogP contribution in [0.4, 0.5) is 5.95 Å². The smallest absolute Gasteiger partial charge is 0.205 e. The van der Waals surface area contributed by atoms with E-state index in [1.165, 1.54) is 0 Å². The fraction of sp³-hybridized carbons (Fsp3) is 0.583. The highest BCUT2D eigenvalue weighted by atomic mass is 15.3. The normalized spacial score (nSPS) is 10.4. The van der Waals surface area contributed by atoms with E-state index in [2.05, 4.69) is 39.6 Å². The van der Waals surface area contributed by atoms with Crippen LogP contribution < -0.4 is 10.2 Å². The molecule has 0 aliphatic carbocycles. The van der Waals surface area contributed by atoms with Crippen LogP contribution in [-0.2, 0) is 6.54 Å². The van der Waals surface area contributed by atoms with E-state index in [1.54, 1.807) is 0 Å². The van der Waals surface area contributed by atoms with E-state index < -0.39 is 0 Å². The number of aromatic nitrogens is 2. The third kappa shape index (κ3) is 3.38. The molecule has 0 saturated carbocycles. The van der Waals surface area contributed by atoms with E-state index in [9.17, 15) is 0 Å². The molecule has 0 bridgehead atoms. The first-order valence-electron chi connectivity index (χ1n) is 5.69. The predicted molar refractivity (Wildman–Crippen MR) is 69.0 cm³/mol. The van der Waals surface area contributed by atoms with Crippen LogP contribution in [0, 0.1) is 6.92 Å². The highest BCUT2D eigenvalue weighted by molar-refractivity contribution is 5.32. The molecule has 1 aromatic rings. The van der Waals surface area contributed by atoms with Gasteiger partial charge in [0.1, 0.15) is 0 Å². The van der Waals surface area contributed by atoms with Gasteiger partial charge in [0, 0.05) is 26.3 Å². The van der Waals surface area contributed by atoms with Crippen molar-refractivity contribution in [1.82, 2.24) is 14.9 Å². The van der Waals surface area contributed by atoms with Gasteiger partial charge in [0.05, 0.1) is 5.69 Å². The lowest BCUT2D eigenvalue weighted by Crippen LogP contribution is -2.25. The monoisotopic (exact) mass is 222 g/mol. The average Bonchev–Trinajstić information content (AvgIpc) is 2.60. The molecule has 1 heterocycles. The summed E-state index contributed by atoms with van der Waals surface area (Å²) in [5, 5.41) is 3.15. The molecule has 0 aromatic carbocycles. The minimum absolute atomic E-state index is 0.812. The van der Waals surface area contributed by atoms with Gasteiger partial charge in [-0.05, 0) is 26.9 Å². The number of rotatable bonds is 7. The SMILES string of the molecule is C=CCn1cc(C)nc1N(C)CCCNC. The number of hydrogen-bond acceptors (Lipinski definition) is 3. The van der Waals surface area contributed by atoms with Gasteiger partial charge < -0.3 is 14.8 Å². The van der Waals surface area contributed by atoms with Gasteiger partial charge in [-0.25, -0.2) is 4.98 Å². The Morgan fingerprint density at radius 3 is 3.00 bits per heavy atom. The number of aryl methyl sites for hydroxylation is 1. The Hall–Kier alpha value is -1.29. The first-order chi connectivity index (χ1) is 7.69. The van der Waals surface area contributed by atoms with Crippen LogP contribution in [-0.4, -0.2) is 36.7 Å². The molecule has 0 unspecified atom stereocenters. The number of nitrogens with one attached hydrogen (secondary N) is 1. The molecule has 0 amide bonds. The zero-order valence-electron chi connectivity index (χ0n) is 10.5. The summed E-state index contributed by atoms with van der Waals surface area (Å²) in [6.07, 6.45) is 5.07. The molecular formula is C12H22N4. The highest BCUT2D eigenvalue weighted by Gasteiger charge is 2.08. The Labute approximate surface area is 98.0 Å². The molecule has 1 rings (SSSR count). The Balaban J connectivity index is 2.65. The van der Waals surface area contributed by atoms with E-state index in [0.29, 0.717) is 0 Å². The molecule has 4 heteroatoms. The van der Waals surface area contributed by atoms with Crippen molar-refractivity contribution in [3.05, 3.63) is 24.5 Å². The summed E-state index contributed by atoms with van der Waals surface area (Å²) in [5.41, 5.74) is 1.05. The summed E-state index contributed by atoms with van der Waals surface area (Å²) in [4.78, 5) is 6.72. The van der Waals surface area contributed by atoms with Crippen LogP contribution in [0.2, 0.25) is 0 Å². The van der Waals surface area contributed by atoms with Crippen molar-refractivity contribution in [1.29, 1.82) is 0 Å². The standard InChI is InChI=1S/C12H22N4/c1-5-8-16-10-11(2)14-12(16)15(4)9-6-7-13-3/h5,10,13H,1,6-9H2,2-4H3. The van der Waals surface area contributed by atoms with Crippen LogP contribution in [0.5, 0.6) is 0 Å². The topological polar surface area (TPSA) is 33.1 Å². The van der Waals surface area contributed by atoms with Gasteiger partial charge in [-0.2, -0.15) is 0 Å². The maximum absolute atomic E-state index is 4.53. The lowest BCUT2D eigenvalue weighted by atomic mass is 10.4. The minimum Gasteiger partial charge on any atom is -0.345 e. The van der Waals surface area contributed by atoms with Gasteiger partial charge in [0.15, 0.2) is 0 Å². The number of hydrogen-bond donors (Lipinski definition) is 1. The number of nitrogens with zero attached hydrogens (tertiary/aromatic N) is 3. The van der Waals surface area contributed by atoms with Crippen molar-refractivity contribution in [3.63, 3.8) is 0 Å². The molecule has 0 saturated heterocycles. The van der Waals surface area contributed by atoms with Gasteiger partial charge in [0.2, 0.25) is 5.95 Å². The van der Waals surface area contributed by atoms with Crippen molar-refractivity contribution in [3.8, 4) is 0 Å². The van der Waals surface area contributed by atoms with Crippen LogP contribution in [0.1, 0.15) is 12.1 Å².